The summed E-state index contributed by atoms with van der Waals surface area (Å²) < 4.78 is 11.4. The van der Waals surface area contributed by atoms with Gasteiger partial charge in [0.2, 0.25) is 0 Å². The van der Waals surface area contributed by atoms with E-state index >= 15 is 0 Å². The Morgan fingerprint density at radius 3 is 2.93 bits per heavy atom. The Labute approximate surface area is 89.2 Å². The van der Waals surface area contributed by atoms with Crippen molar-refractivity contribution in [2.45, 2.75) is 18.6 Å². The quantitative estimate of drug-likeness (QED) is 0.837. The summed E-state index contributed by atoms with van der Waals surface area (Å²) >= 11 is 1.59. The van der Waals surface area contributed by atoms with Crippen LogP contribution in [0, 0.1) is 0 Å². The Bertz CT molecular complexity index is 319. The van der Waals surface area contributed by atoms with E-state index in [1.165, 1.54) is 6.92 Å². The van der Waals surface area contributed by atoms with E-state index in [4.69, 9.17) is 5.11 Å². The maximum atomic E-state index is 11.4. The first kappa shape index (κ1) is 11.4. The number of carboxylic acid groups (broad SMARTS) is 1. The molecule has 0 aromatic carbocycles. The molecule has 3 nitrogen and oxygen atoms in total. The second-order valence-corrected chi connectivity index (χ2v) is 5.60. The smallest absolute Gasteiger partial charge is 0.318 e. The van der Waals surface area contributed by atoms with Crippen molar-refractivity contribution in [2.24, 2.45) is 0 Å². The molecule has 5 heteroatoms. The maximum Gasteiger partial charge on any atom is 0.318 e. The summed E-state index contributed by atoms with van der Waals surface area (Å²) in [7, 11) is -1.27. The van der Waals surface area contributed by atoms with Crippen LogP contribution >= 0.6 is 11.3 Å². The lowest BCUT2D eigenvalue weighted by molar-refractivity contribution is -0.136. The molecule has 0 bridgehead atoms. The van der Waals surface area contributed by atoms with Crippen molar-refractivity contribution in [3.05, 3.63) is 22.4 Å². The third-order valence-electron chi connectivity index (χ3n) is 1.91. The fourth-order valence-corrected chi connectivity index (χ4v) is 2.66. The van der Waals surface area contributed by atoms with Crippen LogP contribution < -0.4 is 0 Å². The van der Waals surface area contributed by atoms with Gasteiger partial charge < -0.3 is 5.11 Å². The van der Waals surface area contributed by atoms with Crippen molar-refractivity contribution >= 4 is 28.1 Å². The highest BCUT2D eigenvalue weighted by Crippen LogP contribution is 2.08. The van der Waals surface area contributed by atoms with Crippen LogP contribution in [0.1, 0.15) is 12.5 Å². The van der Waals surface area contributed by atoms with Crippen molar-refractivity contribution in [1.82, 2.24) is 0 Å². The summed E-state index contributed by atoms with van der Waals surface area (Å²) in [4.78, 5) is 10.5. The standard InChI is InChI=1S/C9H12O3S2/c1-7(9(10)11)14(12)5-3-8-2-4-13-6-8/h2,4,6-7H,3,5H2,1H3,(H,10,11). The summed E-state index contributed by atoms with van der Waals surface area (Å²) in [6, 6.07) is 1.97. The monoisotopic (exact) mass is 232 g/mol. The fourth-order valence-electron chi connectivity index (χ4n) is 0.943. The first-order valence-electron chi connectivity index (χ1n) is 4.22. The molecular weight excluding hydrogens is 220 g/mol. The normalized spacial score (nSPS) is 14.9. The Morgan fingerprint density at radius 1 is 1.71 bits per heavy atom. The van der Waals surface area contributed by atoms with E-state index in [0.29, 0.717) is 12.2 Å². The number of thiophene rings is 1. The van der Waals surface area contributed by atoms with Gasteiger partial charge in [-0.15, -0.1) is 0 Å². The highest BCUT2D eigenvalue weighted by atomic mass is 32.2. The van der Waals surface area contributed by atoms with Gasteiger partial charge in [-0.25, -0.2) is 0 Å². The minimum absolute atomic E-state index is 0.421. The molecule has 0 aliphatic heterocycles. The van der Waals surface area contributed by atoms with Gasteiger partial charge in [0.25, 0.3) is 0 Å². The van der Waals surface area contributed by atoms with Crippen LogP contribution in [0.15, 0.2) is 16.8 Å². The molecular formula is C9H12O3S2. The first-order chi connectivity index (χ1) is 6.61. The molecule has 0 saturated heterocycles. The summed E-state index contributed by atoms with van der Waals surface area (Å²) in [5.41, 5.74) is 1.13. The van der Waals surface area contributed by atoms with Gasteiger partial charge in [-0.05, 0) is 35.7 Å². The molecule has 1 aromatic rings. The molecule has 1 aromatic heterocycles. The lowest BCUT2D eigenvalue weighted by atomic mass is 10.3. The number of rotatable bonds is 5. The van der Waals surface area contributed by atoms with Gasteiger partial charge in [-0.1, -0.05) is 0 Å². The topological polar surface area (TPSA) is 54.4 Å². The minimum Gasteiger partial charge on any atom is -0.480 e. The number of carboxylic acids is 1. The van der Waals surface area contributed by atoms with E-state index in [1.54, 1.807) is 11.3 Å². The van der Waals surface area contributed by atoms with Gasteiger partial charge in [0, 0.05) is 16.6 Å². The SMILES string of the molecule is CC(C(=O)O)S(=O)CCc1ccsc1. The number of hydrogen-bond acceptors (Lipinski definition) is 3. The van der Waals surface area contributed by atoms with E-state index in [2.05, 4.69) is 0 Å². The van der Waals surface area contributed by atoms with Gasteiger partial charge >= 0.3 is 5.97 Å². The van der Waals surface area contributed by atoms with Crippen LogP contribution in [-0.2, 0) is 22.0 Å². The van der Waals surface area contributed by atoms with Crippen molar-refractivity contribution in [1.29, 1.82) is 0 Å². The van der Waals surface area contributed by atoms with Crippen molar-refractivity contribution in [3.63, 3.8) is 0 Å². The Morgan fingerprint density at radius 2 is 2.43 bits per heavy atom. The van der Waals surface area contributed by atoms with Crippen LogP contribution in [-0.4, -0.2) is 26.3 Å². The zero-order chi connectivity index (χ0) is 10.6. The van der Waals surface area contributed by atoms with Crippen molar-refractivity contribution in [3.8, 4) is 0 Å². The van der Waals surface area contributed by atoms with Crippen LogP contribution in [0.4, 0.5) is 0 Å². The summed E-state index contributed by atoms with van der Waals surface area (Å²) in [5, 5.41) is 11.8. The average molecular weight is 232 g/mol. The third kappa shape index (κ3) is 3.23. The summed E-state index contributed by atoms with van der Waals surface area (Å²) in [6.07, 6.45) is 0.688. The number of aryl methyl sites for hydroxylation is 1. The lowest BCUT2D eigenvalue weighted by Crippen LogP contribution is -2.24. The molecule has 0 fully saturated rings. The van der Waals surface area contributed by atoms with Gasteiger partial charge in [0.15, 0.2) is 0 Å². The van der Waals surface area contributed by atoms with Gasteiger partial charge in [-0.3, -0.25) is 9.00 Å². The Balaban J connectivity index is 2.39. The summed E-state index contributed by atoms with van der Waals surface area (Å²) in [6.45, 7) is 1.48. The van der Waals surface area contributed by atoms with Crippen LogP contribution in [0.5, 0.6) is 0 Å². The predicted octanol–water partition coefficient (Wildman–Crippen LogP) is 1.51. The molecule has 0 aliphatic carbocycles. The van der Waals surface area contributed by atoms with Crippen LogP contribution in [0.3, 0.4) is 0 Å². The molecule has 1 heterocycles. The molecule has 0 amide bonds. The second-order valence-electron chi connectivity index (χ2n) is 2.95. The van der Waals surface area contributed by atoms with Crippen molar-refractivity contribution in [2.75, 3.05) is 5.75 Å². The molecule has 2 atom stereocenters. The Kier molecular flexibility index (Phi) is 4.28. The molecule has 1 rings (SSSR count). The molecule has 14 heavy (non-hydrogen) atoms. The highest BCUT2D eigenvalue weighted by Gasteiger charge is 2.18. The molecule has 0 radical (unpaired) electrons. The predicted molar refractivity (Wildman–Crippen MR) is 58.1 cm³/mol. The molecule has 0 aliphatic rings. The van der Waals surface area contributed by atoms with Gasteiger partial charge in [-0.2, -0.15) is 11.3 Å². The van der Waals surface area contributed by atoms with E-state index < -0.39 is 22.0 Å². The lowest BCUT2D eigenvalue weighted by Gasteiger charge is -2.05. The average Bonchev–Trinajstić information content (AvgIpc) is 2.65. The molecule has 1 N–H and O–H groups in total. The molecule has 0 saturated carbocycles. The Hall–Kier alpha value is -0.680. The number of hydrogen-bond donors (Lipinski definition) is 1. The first-order valence-corrected chi connectivity index (χ1v) is 6.55. The molecule has 0 spiro atoms. The highest BCUT2D eigenvalue weighted by molar-refractivity contribution is 7.86. The number of carbonyl (C=O) groups is 1. The van der Waals surface area contributed by atoms with Gasteiger partial charge in [0.05, 0.1) is 0 Å². The maximum absolute atomic E-state index is 11.4. The fraction of sp³-hybridized carbons (Fsp3) is 0.444. The van der Waals surface area contributed by atoms with E-state index in [0.717, 1.165) is 5.56 Å². The zero-order valence-electron chi connectivity index (χ0n) is 7.80. The second kappa shape index (κ2) is 5.26. The van der Waals surface area contributed by atoms with Gasteiger partial charge in [0.1, 0.15) is 5.25 Å². The third-order valence-corrected chi connectivity index (χ3v) is 4.24. The van der Waals surface area contributed by atoms with Crippen LogP contribution in [0.2, 0.25) is 0 Å². The van der Waals surface area contributed by atoms with E-state index in [9.17, 15) is 9.00 Å². The summed E-state index contributed by atoms with van der Waals surface area (Å²) in [5.74, 6) is -0.571. The molecule has 2 unspecified atom stereocenters. The largest absolute Gasteiger partial charge is 0.480 e. The van der Waals surface area contributed by atoms with Crippen LogP contribution in [0.25, 0.3) is 0 Å². The van der Waals surface area contributed by atoms with E-state index in [-0.39, 0.29) is 0 Å². The zero-order valence-corrected chi connectivity index (χ0v) is 9.44. The van der Waals surface area contributed by atoms with E-state index in [1.807, 2.05) is 16.8 Å². The number of aliphatic carboxylic acids is 1. The molecule has 78 valence electrons. The van der Waals surface area contributed by atoms with Crippen molar-refractivity contribution < 1.29 is 14.1 Å². The minimum atomic E-state index is -1.27.